The van der Waals surface area contributed by atoms with Crippen molar-refractivity contribution in [2.24, 2.45) is 5.92 Å². The van der Waals surface area contributed by atoms with Gasteiger partial charge in [-0.1, -0.05) is 18.2 Å². The van der Waals surface area contributed by atoms with Gasteiger partial charge in [-0.25, -0.2) is 9.97 Å². The van der Waals surface area contributed by atoms with E-state index in [1.165, 1.54) is 0 Å². The molecule has 1 aliphatic carbocycles. The van der Waals surface area contributed by atoms with E-state index in [2.05, 4.69) is 15.6 Å². The van der Waals surface area contributed by atoms with Crippen LogP contribution in [0.15, 0.2) is 42.6 Å². The summed E-state index contributed by atoms with van der Waals surface area (Å²) in [5, 5.41) is 18.4. The molecular weight excluding hydrogens is 484 g/mol. The fourth-order valence-electron chi connectivity index (χ4n) is 4.90. The van der Waals surface area contributed by atoms with Crippen LogP contribution in [0, 0.1) is 19.8 Å². The maximum Gasteiger partial charge on any atom is 0.225 e. The molecule has 3 heterocycles. The maximum absolute atomic E-state index is 10.5. The first kappa shape index (κ1) is 25.4. The maximum atomic E-state index is 10.5. The number of anilines is 2. The summed E-state index contributed by atoms with van der Waals surface area (Å²) in [5.41, 5.74) is 2.90. The topological polar surface area (TPSA) is 105 Å². The number of nitrogens with zero attached hydrogens (tertiary/aromatic N) is 4. The standard InChI is InChI=1S/C28H34N6O2S/c1-17-23(26-33-24-18(2)29-13-12-22(24)37-26)25(32-20-11-10-19(16-20)28(3,4)35)34-27(31-17)30-14-15-36-21-8-6-5-7-9-21/h5-9,12-13,19-20,35H,10-11,14-16H2,1-4H3,(H2,30,31,32,34). The Morgan fingerprint density at radius 2 is 1.86 bits per heavy atom. The molecule has 0 saturated heterocycles. The van der Waals surface area contributed by atoms with Gasteiger partial charge in [-0.3, -0.25) is 4.98 Å². The smallest absolute Gasteiger partial charge is 0.225 e. The molecule has 1 aliphatic rings. The molecule has 194 valence electrons. The largest absolute Gasteiger partial charge is 0.492 e. The van der Waals surface area contributed by atoms with Crippen LogP contribution in [0.4, 0.5) is 11.8 Å². The number of benzene rings is 1. The Morgan fingerprint density at radius 3 is 2.59 bits per heavy atom. The number of aromatic nitrogens is 4. The van der Waals surface area contributed by atoms with Gasteiger partial charge in [0.25, 0.3) is 0 Å². The van der Waals surface area contributed by atoms with Crippen molar-refractivity contribution in [2.75, 3.05) is 23.8 Å². The molecule has 1 aromatic carbocycles. The van der Waals surface area contributed by atoms with Crippen molar-refractivity contribution in [3.8, 4) is 16.3 Å². The predicted octanol–water partition coefficient (Wildman–Crippen LogP) is 5.61. The highest BCUT2D eigenvalue weighted by Crippen LogP contribution is 2.39. The normalized spacial score (nSPS) is 17.8. The molecule has 5 rings (SSSR count). The molecule has 2 atom stereocenters. The van der Waals surface area contributed by atoms with Crippen LogP contribution >= 0.6 is 11.3 Å². The number of para-hydroxylation sites is 1. The van der Waals surface area contributed by atoms with E-state index in [-0.39, 0.29) is 12.0 Å². The molecule has 1 saturated carbocycles. The van der Waals surface area contributed by atoms with Crippen molar-refractivity contribution in [1.29, 1.82) is 0 Å². The average Bonchev–Trinajstić information content (AvgIpc) is 3.50. The lowest BCUT2D eigenvalue weighted by Crippen LogP contribution is -2.30. The second-order valence-electron chi connectivity index (χ2n) is 10.2. The van der Waals surface area contributed by atoms with Crippen molar-refractivity contribution in [2.45, 2.75) is 58.6 Å². The van der Waals surface area contributed by atoms with Gasteiger partial charge in [-0.05, 0) is 71.1 Å². The van der Waals surface area contributed by atoms with E-state index >= 15 is 0 Å². The minimum Gasteiger partial charge on any atom is -0.492 e. The summed E-state index contributed by atoms with van der Waals surface area (Å²) >= 11 is 1.63. The number of pyridine rings is 1. The van der Waals surface area contributed by atoms with Gasteiger partial charge in [0.1, 0.15) is 28.7 Å². The molecule has 2 unspecified atom stereocenters. The fourth-order valence-corrected chi connectivity index (χ4v) is 6.01. The zero-order valence-electron chi connectivity index (χ0n) is 21.8. The molecule has 9 heteroatoms. The van der Waals surface area contributed by atoms with Gasteiger partial charge in [0.15, 0.2) is 0 Å². The van der Waals surface area contributed by atoms with E-state index in [1.54, 1.807) is 11.3 Å². The van der Waals surface area contributed by atoms with Gasteiger partial charge in [-0.2, -0.15) is 4.98 Å². The van der Waals surface area contributed by atoms with E-state index < -0.39 is 5.60 Å². The van der Waals surface area contributed by atoms with E-state index in [1.807, 2.05) is 70.3 Å². The van der Waals surface area contributed by atoms with Gasteiger partial charge in [-0.15, -0.1) is 11.3 Å². The molecule has 0 amide bonds. The molecule has 0 bridgehead atoms. The number of fused-ring (bicyclic) bond motifs is 1. The highest BCUT2D eigenvalue weighted by molar-refractivity contribution is 7.21. The van der Waals surface area contributed by atoms with Crippen molar-refractivity contribution in [3.63, 3.8) is 0 Å². The van der Waals surface area contributed by atoms with Gasteiger partial charge in [0, 0.05) is 12.2 Å². The second-order valence-corrected chi connectivity index (χ2v) is 11.2. The first-order valence-electron chi connectivity index (χ1n) is 12.8. The van der Waals surface area contributed by atoms with Crippen LogP contribution in [0.25, 0.3) is 20.8 Å². The number of hydrogen-bond donors (Lipinski definition) is 3. The number of ether oxygens (including phenoxy) is 1. The third-order valence-electron chi connectivity index (χ3n) is 6.96. The summed E-state index contributed by atoms with van der Waals surface area (Å²) in [4.78, 5) is 19.0. The first-order valence-corrected chi connectivity index (χ1v) is 13.6. The number of thiazole rings is 1. The summed E-state index contributed by atoms with van der Waals surface area (Å²) in [6, 6.07) is 12.0. The average molecular weight is 519 g/mol. The number of aliphatic hydroxyl groups is 1. The molecule has 8 nitrogen and oxygen atoms in total. The molecule has 3 N–H and O–H groups in total. The lowest BCUT2D eigenvalue weighted by atomic mass is 9.89. The van der Waals surface area contributed by atoms with Crippen molar-refractivity contribution in [3.05, 3.63) is 54.0 Å². The molecule has 3 aromatic heterocycles. The monoisotopic (exact) mass is 518 g/mol. The fraction of sp³-hybridized carbons (Fsp3) is 0.429. The third-order valence-corrected chi connectivity index (χ3v) is 8.00. The highest BCUT2D eigenvalue weighted by Gasteiger charge is 2.35. The Bertz CT molecular complexity index is 1370. The quantitative estimate of drug-likeness (QED) is 0.246. The Hall–Kier alpha value is -3.30. The first-order chi connectivity index (χ1) is 17.8. The molecule has 0 spiro atoms. The number of rotatable bonds is 9. The second kappa shape index (κ2) is 10.6. The number of aryl methyl sites for hydroxylation is 2. The Labute approximate surface area is 221 Å². The van der Waals surface area contributed by atoms with E-state index in [4.69, 9.17) is 19.7 Å². The number of nitrogens with one attached hydrogen (secondary N) is 2. The zero-order valence-corrected chi connectivity index (χ0v) is 22.6. The van der Waals surface area contributed by atoms with Crippen molar-refractivity contribution in [1.82, 2.24) is 19.9 Å². The minimum atomic E-state index is -0.691. The van der Waals surface area contributed by atoms with Crippen LogP contribution in [-0.4, -0.2) is 49.8 Å². The van der Waals surface area contributed by atoms with E-state index in [0.29, 0.717) is 19.1 Å². The zero-order chi connectivity index (χ0) is 26.0. The summed E-state index contributed by atoms with van der Waals surface area (Å²) < 4.78 is 6.90. The van der Waals surface area contributed by atoms with Gasteiger partial charge < -0.3 is 20.5 Å². The Balaban J connectivity index is 1.40. The number of hydrogen-bond acceptors (Lipinski definition) is 9. The Kier molecular flexibility index (Phi) is 7.26. The molecule has 0 radical (unpaired) electrons. The third kappa shape index (κ3) is 5.83. The van der Waals surface area contributed by atoms with Crippen LogP contribution in [-0.2, 0) is 0 Å². The van der Waals surface area contributed by atoms with Crippen LogP contribution < -0.4 is 15.4 Å². The van der Waals surface area contributed by atoms with Crippen LogP contribution in [0.2, 0.25) is 0 Å². The lowest BCUT2D eigenvalue weighted by Gasteiger charge is -2.25. The van der Waals surface area contributed by atoms with Gasteiger partial charge >= 0.3 is 0 Å². The lowest BCUT2D eigenvalue weighted by molar-refractivity contribution is 0.0197. The van der Waals surface area contributed by atoms with Crippen LogP contribution in [0.3, 0.4) is 0 Å². The van der Waals surface area contributed by atoms with E-state index in [9.17, 15) is 5.11 Å². The summed E-state index contributed by atoms with van der Waals surface area (Å²) in [6.07, 6.45) is 4.67. The summed E-state index contributed by atoms with van der Waals surface area (Å²) in [5.74, 6) is 2.41. The molecular formula is C28H34N6O2S. The van der Waals surface area contributed by atoms with Crippen molar-refractivity contribution < 1.29 is 9.84 Å². The minimum absolute atomic E-state index is 0.219. The molecule has 37 heavy (non-hydrogen) atoms. The molecule has 1 fully saturated rings. The van der Waals surface area contributed by atoms with Gasteiger partial charge in [0.05, 0.1) is 33.8 Å². The van der Waals surface area contributed by atoms with Gasteiger partial charge in [0.2, 0.25) is 5.95 Å². The highest BCUT2D eigenvalue weighted by atomic mass is 32.1. The summed E-state index contributed by atoms with van der Waals surface area (Å²) in [7, 11) is 0. The van der Waals surface area contributed by atoms with E-state index in [0.717, 1.165) is 63.0 Å². The molecule has 4 aromatic rings. The SMILES string of the molecule is Cc1nc(NCCOc2ccccc2)nc(NC2CCC(C(C)(C)O)C2)c1-c1nc2c(C)nccc2s1. The van der Waals surface area contributed by atoms with Crippen LogP contribution in [0.1, 0.15) is 44.5 Å². The summed E-state index contributed by atoms with van der Waals surface area (Å²) in [6.45, 7) is 8.85. The Morgan fingerprint density at radius 1 is 1.05 bits per heavy atom. The van der Waals surface area contributed by atoms with Crippen LogP contribution in [0.5, 0.6) is 5.75 Å². The predicted molar refractivity (Wildman–Crippen MR) is 149 cm³/mol. The molecule has 0 aliphatic heterocycles. The van der Waals surface area contributed by atoms with Crippen molar-refractivity contribution >= 4 is 33.3 Å².